The van der Waals surface area contributed by atoms with Crippen LogP contribution in [-0.4, -0.2) is 9.91 Å². The maximum atomic E-state index is 10.8. The molecule has 0 unspecified atom stereocenters. The van der Waals surface area contributed by atoms with E-state index in [4.69, 9.17) is 10.6 Å². The Balaban J connectivity index is 2.14. The number of nitrogens with zero attached hydrogens (tertiary/aromatic N) is 2. The number of nitrogen functional groups attached to an aromatic ring is 1. The molecule has 0 spiro atoms. The lowest BCUT2D eigenvalue weighted by Gasteiger charge is -2.09. The summed E-state index contributed by atoms with van der Waals surface area (Å²) < 4.78 is 5.88. The molecule has 3 N–H and O–H groups in total. The van der Waals surface area contributed by atoms with Gasteiger partial charge in [0.05, 0.1) is 4.92 Å². The number of nitrogens with one attached hydrogen (secondary N) is 1. The molecule has 0 saturated heterocycles. The molecule has 104 valence electrons. The summed E-state index contributed by atoms with van der Waals surface area (Å²) in [5.74, 6) is 6.19. The van der Waals surface area contributed by atoms with Crippen molar-refractivity contribution in [2.75, 3.05) is 5.43 Å². The number of halogens is 1. The van der Waals surface area contributed by atoms with Gasteiger partial charge >= 0.3 is 0 Å². The molecule has 1 aromatic heterocycles. The molecule has 0 aliphatic carbocycles. The van der Waals surface area contributed by atoms with E-state index in [0.717, 1.165) is 5.56 Å². The van der Waals surface area contributed by atoms with Gasteiger partial charge in [0.1, 0.15) is 22.6 Å². The maximum Gasteiger partial charge on any atom is 0.287 e. The number of nitro groups is 1. The molecular weight excluding hydrogens is 328 g/mol. The number of nitro benzene ring substituents is 1. The van der Waals surface area contributed by atoms with Gasteiger partial charge in [-0.1, -0.05) is 6.07 Å². The summed E-state index contributed by atoms with van der Waals surface area (Å²) in [5, 5.41) is 10.8. The zero-order valence-electron chi connectivity index (χ0n) is 10.2. The van der Waals surface area contributed by atoms with Crippen LogP contribution in [0.2, 0.25) is 0 Å². The average Bonchev–Trinajstić information content (AvgIpc) is 2.46. The highest BCUT2D eigenvalue weighted by Crippen LogP contribution is 2.34. The second-order valence-corrected chi connectivity index (χ2v) is 4.62. The van der Waals surface area contributed by atoms with Crippen LogP contribution >= 0.6 is 15.9 Å². The number of anilines is 1. The van der Waals surface area contributed by atoms with Crippen molar-refractivity contribution >= 4 is 27.4 Å². The third-order valence-electron chi connectivity index (χ3n) is 2.51. The largest absolute Gasteiger partial charge is 0.487 e. The van der Waals surface area contributed by atoms with E-state index in [1.165, 1.54) is 6.07 Å². The highest BCUT2D eigenvalue weighted by Gasteiger charge is 2.15. The summed E-state index contributed by atoms with van der Waals surface area (Å²) >= 11 is 3.17. The summed E-state index contributed by atoms with van der Waals surface area (Å²) in [6.45, 7) is 0.247. The molecule has 0 fully saturated rings. The van der Waals surface area contributed by atoms with Crippen LogP contribution in [0.4, 0.5) is 11.5 Å². The van der Waals surface area contributed by atoms with Crippen LogP contribution in [0.15, 0.2) is 41.0 Å². The van der Waals surface area contributed by atoms with E-state index in [2.05, 4.69) is 26.3 Å². The molecule has 0 amide bonds. The lowest BCUT2D eigenvalue weighted by Crippen LogP contribution is -2.09. The zero-order valence-corrected chi connectivity index (χ0v) is 11.8. The van der Waals surface area contributed by atoms with Crippen molar-refractivity contribution in [2.24, 2.45) is 5.84 Å². The molecule has 0 saturated carbocycles. The van der Waals surface area contributed by atoms with Gasteiger partial charge < -0.3 is 10.2 Å². The normalized spacial score (nSPS) is 10.1. The van der Waals surface area contributed by atoms with Gasteiger partial charge in [-0.2, -0.15) is 0 Å². The maximum absolute atomic E-state index is 10.8. The van der Waals surface area contributed by atoms with E-state index in [9.17, 15) is 10.1 Å². The quantitative estimate of drug-likeness (QED) is 0.493. The zero-order chi connectivity index (χ0) is 14.5. The smallest absolute Gasteiger partial charge is 0.287 e. The van der Waals surface area contributed by atoms with Gasteiger partial charge in [-0.3, -0.25) is 10.1 Å². The number of ether oxygens (including phenoxy) is 1. The van der Waals surface area contributed by atoms with Gasteiger partial charge in [-0.05, 0) is 39.7 Å². The molecular formula is C12H11BrN4O3. The van der Waals surface area contributed by atoms with Crippen LogP contribution < -0.4 is 16.0 Å². The minimum absolute atomic E-state index is 0.0402. The Morgan fingerprint density at radius 3 is 2.95 bits per heavy atom. The molecule has 0 atom stereocenters. The number of rotatable bonds is 5. The Bertz CT molecular complexity index is 636. The van der Waals surface area contributed by atoms with E-state index in [1.807, 2.05) is 0 Å². The lowest BCUT2D eigenvalue weighted by molar-refractivity contribution is -0.385. The monoisotopic (exact) mass is 338 g/mol. The van der Waals surface area contributed by atoms with Gasteiger partial charge in [0.2, 0.25) is 0 Å². The molecule has 1 heterocycles. The fourth-order valence-electron chi connectivity index (χ4n) is 1.56. The number of pyridine rings is 1. The van der Waals surface area contributed by atoms with Crippen molar-refractivity contribution in [1.82, 2.24) is 4.98 Å². The number of hydrazine groups is 1. The molecule has 0 bridgehead atoms. The SMILES string of the molecule is NNc1cc(COc2cccc([N+](=O)[O-])c2Br)ccn1. The van der Waals surface area contributed by atoms with Gasteiger partial charge in [0, 0.05) is 12.3 Å². The van der Waals surface area contributed by atoms with E-state index in [0.29, 0.717) is 16.0 Å². The Labute approximate surface area is 123 Å². The lowest BCUT2D eigenvalue weighted by atomic mass is 10.2. The summed E-state index contributed by atoms with van der Waals surface area (Å²) in [7, 11) is 0. The van der Waals surface area contributed by atoms with Crippen molar-refractivity contribution in [3.8, 4) is 5.75 Å². The second-order valence-electron chi connectivity index (χ2n) is 3.83. The average molecular weight is 339 g/mol. The highest BCUT2D eigenvalue weighted by atomic mass is 79.9. The molecule has 20 heavy (non-hydrogen) atoms. The van der Waals surface area contributed by atoms with Gasteiger partial charge in [0.15, 0.2) is 0 Å². The fraction of sp³-hybridized carbons (Fsp3) is 0.0833. The topological polar surface area (TPSA) is 103 Å². The molecule has 8 heteroatoms. The summed E-state index contributed by atoms with van der Waals surface area (Å²) in [6.07, 6.45) is 1.59. The number of benzene rings is 1. The number of nitrogens with two attached hydrogens (primary N) is 1. The first kappa shape index (κ1) is 14.2. The van der Waals surface area contributed by atoms with Gasteiger partial charge in [0.25, 0.3) is 5.69 Å². The van der Waals surface area contributed by atoms with E-state index in [1.54, 1.807) is 30.5 Å². The Kier molecular flexibility index (Phi) is 4.49. The molecule has 2 aromatic rings. The van der Waals surface area contributed by atoms with Crippen LogP contribution in [0, 0.1) is 10.1 Å². The van der Waals surface area contributed by atoms with Crippen molar-refractivity contribution < 1.29 is 9.66 Å². The molecule has 1 aromatic carbocycles. The minimum Gasteiger partial charge on any atom is -0.487 e. The van der Waals surface area contributed by atoms with Crippen molar-refractivity contribution in [2.45, 2.75) is 6.61 Å². The Morgan fingerprint density at radius 2 is 2.25 bits per heavy atom. The predicted octanol–water partition coefficient (Wildman–Crippen LogP) is 2.62. The molecule has 0 radical (unpaired) electrons. The first-order chi connectivity index (χ1) is 9.61. The summed E-state index contributed by atoms with van der Waals surface area (Å²) in [6, 6.07) is 8.12. The third-order valence-corrected chi connectivity index (χ3v) is 3.30. The Hall–Kier alpha value is -2.19. The highest BCUT2D eigenvalue weighted by molar-refractivity contribution is 9.10. The van der Waals surface area contributed by atoms with Crippen LogP contribution in [-0.2, 0) is 6.61 Å². The summed E-state index contributed by atoms with van der Waals surface area (Å²) in [4.78, 5) is 14.3. The van der Waals surface area contributed by atoms with Gasteiger partial charge in [-0.25, -0.2) is 10.8 Å². The number of hydrogen-bond donors (Lipinski definition) is 2. The Morgan fingerprint density at radius 1 is 1.45 bits per heavy atom. The first-order valence-electron chi connectivity index (χ1n) is 5.59. The van der Waals surface area contributed by atoms with E-state index in [-0.39, 0.29) is 12.3 Å². The van der Waals surface area contributed by atoms with Crippen LogP contribution in [0.5, 0.6) is 5.75 Å². The second kappa shape index (κ2) is 6.31. The molecule has 7 nitrogen and oxygen atoms in total. The molecule has 0 aliphatic heterocycles. The molecule has 2 rings (SSSR count). The first-order valence-corrected chi connectivity index (χ1v) is 6.38. The number of hydrogen-bond acceptors (Lipinski definition) is 6. The number of aromatic nitrogens is 1. The van der Waals surface area contributed by atoms with Crippen LogP contribution in [0.25, 0.3) is 0 Å². The van der Waals surface area contributed by atoms with E-state index >= 15 is 0 Å². The predicted molar refractivity (Wildman–Crippen MR) is 77.2 cm³/mol. The van der Waals surface area contributed by atoms with Crippen molar-refractivity contribution in [3.05, 3.63) is 56.7 Å². The van der Waals surface area contributed by atoms with Crippen LogP contribution in [0.1, 0.15) is 5.56 Å². The van der Waals surface area contributed by atoms with Gasteiger partial charge in [-0.15, -0.1) is 0 Å². The third kappa shape index (κ3) is 3.22. The van der Waals surface area contributed by atoms with E-state index < -0.39 is 4.92 Å². The fourth-order valence-corrected chi connectivity index (χ4v) is 2.08. The molecule has 0 aliphatic rings. The van der Waals surface area contributed by atoms with Crippen LogP contribution in [0.3, 0.4) is 0 Å². The minimum atomic E-state index is -0.472. The summed E-state index contributed by atoms with van der Waals surface area (Å²) in [5.41, 5.74) is 3.23. The standard InChI is InChI=1S/C12H11BrN4O3/c13-12-9(17(18)19)2-1-3-10(12)20-7-8-4-5-15-11(6-8)16-14/h1-6H,7,14H2,(H,15,16). The van der Waals surface area contributed by atoms with Crippen molar-refractivity contribution in [3.63, 3.8) is 0 Å². The van der Waals surface area contributed by atoms with Crippen molar-refractivity contribution in [1.29, 1.82) is 0 Å².